The summed E-state index contributed by atoms with van der Waals surface area (Å²) in [5.41, 5.74) is 4.85. The van der Waals surface area contributed by atoms with E-state index in [1.54, 1.807) is 6.07 Å². The van der Waals surface area contributed by atoms with Gasteiger partial charge in [0.1, 0.15) is 5.75 Å². The van der Waals surface area contributed by atoms with Crippen LogP contribution in [0.2, 0.25) is 0 Å². The second kappa shape index (κ2) is 7.56. The number of piperidine rings is 1. The summed E-state index contributed by atoms with van der Waals surface area (Å²) in [7, 11) is 0. The molecular formula is C28H29NO2. The summed E-state index contributed by atoms with van der Waals surface area (Å²) < 4.78 is 0. The van der Waals surface area contributed by atoms with E-state index in [2.05, 4.69) is 42.2 Å². The topological polar surface area (TPSA) is 40.5 Å². The molecule has 0 unspecified atom stereocenters. The number of benzene rings is 3. The summed E-state index contributed by atoms with van der Waals surface area (Å²) >= 11 is 0. The largest absolute Gasteiger partial charge is 0.508 e. The Kier molecular flexibility index (Phi) is 4.85. The maximum atomic E-state index is 13.2. The number of carbonyl (C=O) groups excluding carboxylic acids is 1. The molecule has 158 valence electrons. The number of fused-ring (bicyclic) bond motifs is 2. The van der Waals surface area contributed by atoms with E-state index in [4.69, 9.17) is 0 Å². The molecule has 1 aliphatic carbocycles. The first-order valence-corrected chi connectivity index (χ1v) is 11.2. The molecule has 3 nitrogen and oxygen atoms in total. The van der Waals surface area contributed by atoms with Crippen LogP contribution in [-0.2, 0) is 29.5 Å². The van der Waals surface area contributed by atoms with Gasteiger partial charge in [-0.05, 0) is 59.1 Å². The second-order valence-electron chi connectivity index (χ2n) is 9.54. The highest BCUT2D eigenvalue weighted by atomic mass is 16.3. The number of rotatable bonds is 3. The van der Waals surface area contributed by atoms with Crippen LogP contribution in [0.25, 0.3) is 0 Å². The van der Waals surface area contributed by atoms with Crippen LogP contribution in [0.5, 0.6) is 5.75 Å². The minimum Gasteiger partial charge on any atom is -0.508 e. The van der Waals surface area contributed by atoms with Crippen molar-refractivity contribution in [2.24, 2.45) is 5.41 Å². The quantitative estimate of drug-likeness (QED) is 0.665. The fourth-order valence-electron chi connectivity index (χ4n) is 5.95. The number of aromatic hydroxyl groups is 1. The van der Waals surface area contributed by atoms with Crippen LogP contribution in [0, 0.1) is 5.41 Å². The van der Waals surface area contributed by atoms with Crippen molar-refractivity contribution in [1.29, 1.82) is 0 Å². The maximum absolute atomic E-state index is 13.2. The average Bonchev–Trinajstić information content (AvgIpc) is 2.77. The van der Waals surface area contributed by atoms with Gasteiger partial charge in [0.05, 0.1) is 6.42 Å². The SMILES string of the molecule is C[C@]12Cc3ccccc3C[C@@]1(c1cccc(O)c1)CCN(C(=O)Cc1ccccc1)C2. The van der Waals surface area contributed by atoms with Gasteiger partial charge in [-0.15, -0.1) is 0 Å². The van der Waals surface area contributed by atoms with E-state index in [1.165, 1.54) is 16.7 Å². The van der Waals surface area contributed by atoms with Crippen LogP contribution in [0.4, 0.5) is 0 Å². The Morgan fingerprint density at radius 3 is 2.39 bits per heavy atom. The minimum absolute atomic E-state index is 0.0936. The van der Waals surface area contributed by atoms with Crippen molar-refractivity contribution in [3.05, 3.63) is 101 Å². The van der Waals surface area contributed by atoms with Crippen LogP contribution in [-0.4, -0.2) is 29.0 Å². The summed E-state index contributed by atoms with van der Waals surface area (Å²) in [6.07, 6.45) is 3.24. The maximum Gasteiger partial charge on any atom is 0.227 e. The average molecular weight is 412 g/mol. The number of likely N-dealkylation sites (tertiary alicyclic amines) is 1. The molecule has 1 heterocycles. The standard InChI is InChI=1S/C28H29NO2/c1-27-18-22-10-5-6-11-23(22)19-28(27,24-12-7-13-25(30)17-24)14-15-29(20-27)26(31)16-21-8-3-2-4-9-21/h2-13,17,30H,14-16,18-20H2,1H3/t27-,28-/m1/s1. The molecular weight excluding hydrogens is 382 g/mol. The lowest BCUT2D eigenvalue weighted by Crippen LogP contribution is -2.61. The Bertz CT molecular complexity index is 1110. The highest BCUT2D eigenvalue weighted by Gasteiger charge is 2.55. The second-order valence-corrected chi connectivity index (χ2v) is 9.54. The van der Waals surface area contributed by atoms with Crippen molar-refractivity contribution in [3.63, 3.8) is 0 Å². The Morgan fingerprint density at radius 1 is 0.935 bits per heavy atom. The first-order chi connectivity index (χ1) is 15.0. The molecule has 2 aliphatic rings. The van der Waals surface area contributed by atoms with Gasteiger partial charge in [-0.2, -0.15) is 0 Å². The van der Waals surface area contributed by atoms with Crippen LogP contribution in [0.3, 0.4) is 0 Å². The molecule has 3 heteroatoms. The molecule has 0 radical (unpaired) electrons. The number of hydrogen-bond donors (Lipinski definition) is 1. The van der Waals surface area contributed by atoms with Gasteiger partial charge in [0.15, 0.2) is 0 Å². The number of phenols is 1. The molecule has 2 atom stereocenters. The normalized spacial score (nSPS) is 24.9. The zero-order chi connectivity index (χ0) is 21.5. The Morgan fingerprint density at radius 2 is 1.65 bits per heavy atom. The number of amides is 1. The van der Waals surface area contributed by atoms with Crippen LogP contribution < -0.4 is 0 Å². The van der Waals surface area contributed by atoms with Crippen molar-refractivity contribution in [3.8, 4) is 5.75 Å². The van der Waals surface area contributed by atoms with Crippen molar-refractivity contribution >= 4 is 5.91 Å². The van der Waals surface area contributed by atoms with E-state index in [0.717, 1.165) is 37.9 Å². The Hall–Kier alpha value is -3.07. The van der Waals surface area contributed by atoms with Gasteiger partial charge in [0, 0.05) is 18.5 Å². The van der Waals surface area contributed by atoms with Gasteiger partial charge < -0.3 is 10.0 Å². The molecule has 1 aliphatic heterocycles. The highest BCUT2D eigenvalue weighted by Crippen LogP contribution is 2.55. The van der Waals surface area contributed by atoms with Crippen LogP contribution >= 0.6 is 0 Å². The third-order valence-corrected chi connectivity index (χ3v) is 7.64. The third kappa shape index (κ3) is 3.42. The minimum atomic E-state index is -0.0975. The molecule has 31 heavy (non-hydrogen) atoms. The van der Waals surface area contributed by atoms with E-state index in [0.29, 0.717) is 12.2 Å². The van der Waals surface area contributed by atoms with Gasteiger partial charge >= 0.3 is 0 Å². The number of nitrogens with zero attached hydrogens (tertiary/aromatic N) is 1. The zero-order valence-electron chi connectivity index (χ0n) is 18.1. The van der Waals surface area contributed by atoms with Crippen molar-refractivity contribution in [2.45, 2.75) is 38.0 Å². The predicted octanol–water partition coefficient (Wildman–Crippen LogP) is 4.91. The third-order valence-electron chi connectivity index (χ3n) is 7.64. The number of carbonyl (C=O) groups is 1. The summed E-state index contributed by atoms with van der Waals surface area (Å²) in [5, 5.41) is 10.2. The molecule has 0 spiro atoms. The van der Waals surface area contributed by atoms with Gasteiger partial charge in [0.25, 0.3) is 0 Å². The van der Waals surface area contributed by atoms with E-state index in [-0.39, 0.29) is 16.7 Å². The summed E-state index contributed by atoms with van der Waals surface area (Å²) in [5.74, 6) is 0.520. The fraction of sp³-hybridized carbons (Fsp3) is 0.321. The van der Waals surface area contributed by atoms with Crippen molar-refractivity contribution < 1.29 is 9.90 Å². The van der Waals surface area contributed by atoms with Gasteiger partial charge in [-0.3, -0.25) is 4.79 Å². The number of phenolic OH excluding ortho intramolecular Hbond substituents is 1. The van der Waals surface area contributed by atoms with Crippen LogP contribution in [0.15, 0.2) is 78.9 Å². The Balaban J connectivity index is 1.51. The lowest BCUT2D eigenvalue weighted by Gasteiger charge is -2.58. The molecule has 1 N–H and O–H groups in total. The molecule has 1 amide bonds. The van der Waals surface area contributed by atoms with Gasteiger partial charge in [-0.25, -0.2) is 0 Å². The van der Waals surface area contributed by atoms with Gasteiger partial charge in [-0.1, -0.05) is 73.7 Å². The summed E-state index contributed by atoms with van der Waals surface area (Å²) in [4.78, 5) is 15.3. The number of hydrogen-bond acceptors (Lipinski definition) is 2. The van der Waals surface area contributed by atoms with Crippen molar-refractivity contribution in [2.75, 3.05) is 13.1 Å². The molecule has 3 aromatic rings. The highest BCUT2D eigenvalue weighted by molar-refractivity contribution is 5.79. The van der Waals surface area contributed by atoms with Crippen molar-refractivity contribution in [1.82, 2.24) is 4.90 Å². The molecule has 0 saturated carbocycles. The lowest BCUT2D eigenvalue weighted by atomic mass is 9.50. The first-order valence-electron chi connectivity index (χ1n) is 11.2. The molecule has 1 fully saturated rings. The van der Waals surface area contributed by atoms with E-state index >= 15 is 0 Å². The van der Waals surface area contributed by atoms with Gasteiger partial charge in [0.2, 0.25) is 5.91 Å². The predicted molar refractivity (Wildman–Crippen MR) is 123 cm³/mol. The molecule has 5 rings (SSSR count). The summed E-state index contributed by atoms with van der Waals surface area (Å²) in [6.45, 7) is 3.83. The monoisotopic (exact) mass is 411 g/mol. The molecule has 3 aromatic carbocycles. The van der Waals surface area contributed by atoms with E-state index < -0.39 is 0 Å². The van der Waals surface area contributed by atoms with E-state index in [9.17, 15) is 9.90 Å². The fourth-order valence-corrected chi connectivity index (χ4v) is 5.95. The first kappa shape index (κ1) is 19.9. The van der Waals surface area contributed by atoms with Crippen LogP contribution in [0.1, 0.15) is 35.6 Å². The van der Waals surface area contributed by atoms with E-state index in [1.807, 2.05) is 42.5 Å². The lowest BCUT2D eigenvalue weighted by molar-refractivity contribution is -0.136. The Labute approximate surface area is 184 Å². The molecule has 0 bridgehead atoms. The molecule has 0 aromatic heterocycles. The molecule has 1 saturated heterocycles. The smallest absolute Gasteiger partial charge is 0.227 e. The summed E-state index contributed by atoms with van der Waals surface area (Å²) in [6, 6.07) is 26.5. The zero-order valence-corrected chi connectivity index (χ0v) is 18.1.